The highest BCUT2D eigenvalue weighted by Crippen LogP contribution is 2.09. The smallest absolute Gasteiger partial charge is 0.342 e. The van der Waals surface area contributed by atoms with Crippen LogP contribution in [0.15, 0.2) is 24.0 Å². The van der Waals surface area contributed by atoms with Gasteiger partial charge in [-0.1, -0.05) is 51.2 Å². The number of aliphatic hydroxyl groups excluding tert-OH is 1. The normalized spacial score (nSPS) is 12.0. The number of hydrogen-bond acceptors (Lipinski definition) is 4. The molecule has 22 heavy (non-hydrogen) atoms. The van der Waals surface area contributed by atoms with Crippen LogP contribution >= 0.6 is 0 Å². The highest BCUT2D eigenvalue weighted by atomic mass is 17.1. The van der Waals surface area contributed by atoms with Gasteiger partial charge in [-0.3, -0.25) is 0 Å². The third-order valence-corrected chi connectivity index (χ3v) is 3.55. The van der Waals surface area contributed by atoms with E-state index in [1.54, 1.807) is 0 Å². The van der Waals surface area contributed by atoms with Gasteiger partial charge in [-0.25, -0.2) is 4.79 Å². The summed E-state index contributed by atoms with van der Waals surface area (Å²) in [6.45, 7) is 2.16. The number of aliphatic hydroxyl groups is 1. The number of carbonyl (C=O) groups excluding carboxylic acids is 1. The molecule has 0 unspecified atom stereocenters. The standard InChI is InChI=1S/C18H32O4/c1-2-3-11-14-17(19)15-12-9-7-5-4-6-8-10-13-16-18(20)22-21/h7,9,15,19,21H,2-6,8,10-14,16H2,1H3/b9-7-,17-15-. The largest absolute Gasteiger partial charge is 0.513 e. The third kappa shape index (κ3) is 15.1. The second-order valence-corrected chi connectivity index (χ2v) is 5.63. The van der Waals surface area contributed by atoms with Gasteiger partial charge in [0.05, 0.1) is 5.76 Å². The van der Waals surface area contributed by atoms with Crippen LogP contribution in [0.1, 0.15) is 84.0 Å². The zero-order valence-corrected chi connectivity index (χ0v) is 13.9. The molecule has 0 saturated carbocycles. The van der Waals surface area contributed by atoms with E-state index >= 15 is 0 Å². The first kappa shape index (κ1) is 20.7. The lowest BCUT2D eigenvalue weighted by atomic mass is 10.1. The van der Waals surface area contributed by atoms with Gasteiger partial charge in [-0.2, -0.15) is 5.26 Å². The predicted molar refractivity (Wildman–Crippen MR) is 89.7 cm³/mol. The minimum atomic E-state index is -0.547. The summed E-state index contributed by atoms with van der Waals surface area (Å²) >= 11 is 0. The fourth-order valence-corrected chi connectivity index (χ4v) is 2.18. The Morgan fingerprint density at radius 3 is 2.36 bits per heavy atom. The molecule has 0 radical (unpaired) electrons. The van der Waals surface area contributed by atoms with E-state index in [4.69, 9.17) is 5.26 Å². The molecule has 0 amide bonds. The molecule has 0 aromatic rings. The summed E-state index contributed by atoms with van der Waals surface area (Å²) in [6, 6.07) is 0. The molecule has 128 valence electrons. The lowest BCUT2D eigenvalue weighted by Crippen LogP contribution is -1.99. The lowest BCUT2D eigenvalue weighted by molar-refractivity contribution is -0.234. The Kier molecular flexibility index (Phi) is 15.1. The summed E-state index contributed by atoms with van der Waals surface area (Å²) in [7, 11) is 0. The van der Waals surface area contributed by atoms with Crippen LogP contribution in [0.3, 0.4) is 0 Å². The van der Waals surface area contributed by atoms with Crippen molar-refractivity contribution in [2.45, 2.75) is 84.0 Å². The summed E-state index contributed by atoms with van der Waals surface area (Å²) in [5, 5.41) is 17.7. The van der Waals surface area contributed by atoms with Gasteiger partial charge in [0.2, 0.25) is 0 Å². The molecule has 0 saturated heterocycles. The average molecular weight is 312 g/mol. The summed E-state index contributed by atoms with van der Waals surface area (Å²) in [6.07, 6.45) is 17.7. The van der Waals surface area contributed by atoms with Crippen LogP contribution in [0, 0.1) is 0 Å². The molecule has 0 aliphatic carbocycles. The van der Waals surface area contributed by atoms with Crippen molar-refractivity contribution < 1.29 is 20.0 Å². The molecule has 0 spiro atoms. The predicted octanol–water partition coefficient (Wildman–Crippen LogP) is 5.70. The quantitative estimate of drug-likeness (QED) is 0.142. The van der Waals surface area contributed by atoms with Crippen LogP contribution in [0.4, 0.5) is 0 Å². The van der Waals surface area contributed by atoms with Gasteiger partial charge in [-0.15, -0.1) is 0 Å². The van der Waals surface area contributed by atoms with Crippen LogP contribution in [0.25, 0.3) is 0 Å². The van der Waals surface area contributed by atoms with E-state index in [-0.39, 0.29) is 0 Å². The van der Waals surface area contributed by atoms with Crippen LogP contribution in [0.2, 0.25) is 0 Å². The van der Waals surface area contributed by atoms with Crippen molar-refractivity contribution in [1.29, 1.82) is 0 Å². The van der Waals surface area contributed by atoms with Crippen molar-refractivity contribution in [1.82, 2.24) is 0 Å². The van der Waals surface area contributed by atoms with Gasteiger partial charge in [0.15, 0.2) is 0 Å². The Labute approximate surface area is 134 Å². The molecule has 0 aromatic carbocycles. The SMILES string of the molecule is CCCCC/C(O)=C/C/C=C\CCCCCCCC(=O)OO. The fraction of sp³-hybridized carbons (Fsp3) is 0.722. The van der Waals surface area contributed by atoms with E-state index in [9.17, 15) is 9.90 Å². The van der Waals surface area contributed by atoms with E-state index in [0.29, 0.717) is 12.2 Å². The van der Waals surface area contributed by atoms with E-state index < -0.39 is 5.97 Å². The summed E-state index contributed by atoms with van der Waals surface area (Å²) in [5.74, 6) is -0.0339. The molecule has 0 rings (SSSR count). The van der Waals surface area contributed by atoms with Gasteiger partial charge in [-0.05, 0) is 38.2 Å². The van der Waals surface area contributed by atoms with Crippen molar-refractivity contribution in [3.05, 3.63) is 24.0 Å². The Balaban J connectivity index is 3.37. The maximum absolute atomic E-state index is 10.7. The van der Waals surface area contributed by atoms with Crippen LogP contribution in [-0.2, 0) is 9.68 Å². The molecule has 4 nitrogen and oxygen atoms in total. The van der Waals surface area contributed by atoms with Crippen LogP contribution < -0.4 is 0 Å². The number of rotatable bonds is 14. The summed E-state index contributed by atoms with van der Waals surface area (Å²) in [5.41, 5.74) is 0. The van der Waals surface area contributed by atoms with Crippen molar-refractivity contribution >= 4 is 5.97 Å². The third-order valence-electron chi connectivity index (χ3n) is 3.55. The Morgan fingerprint density at radius 1 is 0.955 bits per heavy atom. The maximum atomic E-state index is 10.7. The fourth-order valence-electron chi connectivity index (χ4n) is 2.18. The zero-order valence-electron chi connectivity index (χ0n) is 13.9. The van der Waals surface area contributed by atoms with Gasteiger partial charge >= 0.3 is 5.97 Å². The Hall–Kier alpha value is -1.29. The van der Waals surface area contributed by atoms with Crippen molar-refractivity contribution in [2.75, 3.05) is 0 Å². The number of carbonyl (C=O) groups is 1. The second-order valence-electron chi connectivity index (χ2n) is 5.63. The lowest BCUT2D eigenvalue weighted by Gasteiger charge is -1.99. The molecule has 0 fully saturated rings. The Bertz CT molecular complexity index is 321. The molecule has 0 aliphatic rings. The monoisotopic (exact) mass is 312 g/mol. The van der Waals surface area contributed by atoms with Gasteiger partial charge in [0.1, 0.15) is 0 Å². The molecular formula is C18H32O4. The molecule has 0 aliphatic heterocycles. The molecular weight excluding hydrogens is 280 g/mol. The molecule has 0 aromatic heterocycles. The van der Waals surface area contributed by atoms with Gasteiger partial charge in [0, 0.05) is 12.8 Å². The maximum Gasteiger partial charge on any atom is 0.342 e. The van der Waals surface area contributed by atoms with Crippen molar-refractivity contribution in [3.63, 3.8) is 0 Å². The first-order valence-electron chi connectivity index (χ1n) is 8.58. The average Bonchev–Trinajstić information content (AvgIpc) is 2.52. The first-order valence-corrected chi connectivity index (χ1v) is 8.58. The van der Waals surface area contributed by atoms with Crippen LogP contribution in [0.5, 0.6) is 0 Å². The number of allylic oxidation sites excluding steroid dienone is 4. The number of hydrogen-bond donors (Lipinski definition) is 2. The molecule has 0 atom stereocenters. The highest BCUT2D eigenvalue weighted by molar-refractivity contribution is 5.68. The molecule has 0 heterocycles. The molecule has 2 N–H and O–H groups in total. The van der Waals surface area contributed by atoms with Crippen molar-refractivity contribution in [2.24, 2.45) is 0 Å². The van der Waals surface area contributed by atoms with Crippen molar-refractivity contribution in [3.8, 4) is 0 Å². The Morgan fingerprint density at radius 2 is 1.64 bits per heavy atom. The van der Waals surface area contributed by atoms with E-state index in [2.05, 4.69) is 24.0 Å². The van der Waals surface area contributed by atoms with E-state index in [0.717, 1.165) is 57.8 Å². The second kappa shape index (κ2) is 16.1. The molecule has 0 bridgehead atoms. The highest BCUT2D eigenvalue weighted by Gasteiger charge is 2.00. The topological polar surface area (TPSA) is 66.8 Å². The number of unbranched alkanes of at least 4 members (excludes halogenated alkanes) is 7. The van der Waals surface area contributed by atoms with E-state index in [1.807, 2.05) is 6.08 Å². The van der Waals surface area contributed by atoms with Gasteiger partial charge in [0.25, 0.3) is 0 Å². The van der Waals surface area contributed by atoms with Crippen LogP contribution in [-0.4, -0.2) is 16.3 Å². The van der Waals surface area contributed by atoms with E-state index in [1.165, 1.54) is 12.8 Å². The summed E-state index contributed by atoms with van der Waals surface area (Å²) in [4.78, 5) is 14.3. The molecule has 4 heteroatoms. The summed E-state index contributed by atoms with van der Waals surface area (Å²) < 4.78 is 0. The first-order chi connectivity index (χ1) is 10.7. The zero-order chi connectivity index (χ0) is 16.5. The minimum absolute atomic E-state index is 0.296. The van der Waals surface area contributed by atoms with Gasteiger partial charge < -0.3 is 9.99 Å². The minimum Gasteiger partial charge on any atom is -0.513 e.